The summed E-state index contributed by atoms with van der Waals surface area (Å²) < 4.78 is 19.1. The van der Waals surface area contributed by atoms with Crippen LogP contribution in [0.1, 0.15) is 36.7 Å². The molecule has 0 aromatic heterocycles. The van der Waals surface area contributed by atoms with Crippen LogP contribution in [0.25, 0.3) is 6.08 Å². The predicted molar refractivity (Wildman–Crippen MR) is 112 cm³/mol. The summed E-state index contributed by atoms with van der Waals surface area (Å²) in [4.78, 5) is 37.7. The van der Waals surface area contributed by atoms with E-state index >= 15 is 0 Å². The number of rotatable bonds is 8. The molecule has 6 nitrogen and oxygen atoms in total. The molecular weight excluding hydrogens is 387 g/mol. The summed E-state index contributed by atoms with van der Waals surface area (Å²) in [5.74, 6) is -2.66. The van der Waals surface area contributed by atoms with Gasteiger partial charge in [-0.25, -0.2) is 9.18 Å². The molecule has 2 aromatic carbocycles. The van der Waals surface area contributed by atoms with Gasteiger partial charge in [0, 0.05) is 11.1 Å². The smallest absolute Gasteiger partial charge is 0.328 e. The molecule has 0 radical (unpaired) electrons. The molecule has 2 rings (SSSR count). The Morgan fingerprint density at radius 1 is 1.03 bits per heavy atom. The van der Waals surface area contributed by atoms with E-state index in [0.29, 0.717) is 5.56 Å². The lowest BCUT2D eigenvalue weighted by molar-refractivity contribution is -0.148. The highest BCUT2D eigenvalue weighted by Crippen LogP contribution is 2.13. The van der Waals surface area contributed by atoms with Gasteiger partial charge in [-0.05, 0) is 37.1 Å². The monoisotopic (exact) mass is 412 g/mol. The Bertz CT molecular complexity index is 926. The van der Waals surface area contributed by atoms with Gasteiger partial charge < -0.3 is 15.4 Å². The molecule has 2 aromatic rings. The van der Waals surface area contributed by atoms with Crippen LogP contribution in [0.4, 0.5) is 4.39 Å². The van der Waals surface area contributed by atoms with Crippen molar-refractivity contribution in [2.75, 3.05) is 6.61 Å². The first-order valence-electron chi connectivity index (χ1n) is 9.63. The zero-order valence-corrected chi connectivity index (χ0v) is 17.1. The Kier molecular flexibility index (Phi) is 8.29. The number of nitrogens with one attached hydrogen (secondary N) is 2. The summed E-state index contributed by atoms with van der Waals surface area (Å²) in [6, 6.07) is 13.2. The molecule has 0 bridgehead atoms. The summed E-state index contributed by atoms with van der Waals surface area (Å²) in [6.07, 6.45) is 1.23. The Morgan fingerprint density at radius 3 is 2.27 bits per heavy atom. The van der Waals surface area contributed by atoms with Gasteiger partial charge in [0.25, 0.3) is 11.8 Å². The number of carbonyl (C=O) groups excluding carboxylic acids is 3. The van der Waals surface area contributed by atoms with Crippen LogP contribution in [0.3, 0.4) is 0 Å². The molecule has 0 heterocycles. The highest BCUT2D eigenvalue weighted by molar-refractivity contribution is 6.06. The van der Waals surface area contributed by atoms with Crippen LogP contribution >= 0.6 is 0 Å². The van der Waals surface area contributed by atoms with E-state index in [1.54, 1.807) is 57.2 Å². The highest BCUT2D eigenvalue weighted by atomic mass is 19.1. The van der Waals surface area contributed by atoms with Gasteiger partial charge in [0.2, 0.25) is 0 Å². The number of halogens is 1. The number of ether oxygens (including phenoxy) is 1. The fraction of sp³-hybridized carbons (Fsp3) is 0.261. The number of hydrogen-bond donors (Lipinski definition) is 2. The molecule has 0 spiro atoms. The molecule has 0 aliphatic rings. The lowest BCUT2D eigenvalue weighted by Crippen LogP contribution is -2.47. The zero-order valence-electron chi connectivity index (χ0n) is 17.1. The van der Waals surface area contributed by atoms with Crippen molar-refractivity contribution in [1.29, 1.82) is 0 Å². The van der Waals surface area contributed by atoms with Gasteiger partial charge in [0.1, 0.15) is 17.6 Å². The van der Waals surface area contributed by atoms with Gasteiger partial charge >= 0.3 is 5.97 Å². The van der Waals surface area contributed by atoms with Crippen LogP contribution in [0.2, 0.25) is 0 Å². The topological polar surface area (TPSA) is 84.5 Å². The van der Waals surface area contributed by atoms with E-state index in [0.717, 1.165) is 0 Å². The Balaban J connectivity index is 2.34. The van der Waals surface area contributed by atoms with Crippen LogP contribution in [0.5, 0.6) is 0 Å². The third-order valence-corrected chi connectivity index (χ3v) is 4.23. The minimum Gasteiger partial charge on any atom is -0.464 e. The summed E-state index contributed by atoms with van der Waals surface area (Å²) in [7, 11) is 0. The molecule has 2 N–H and O–H groups in total. The molecule has 0 aliphatic heterocycles. The van der Waals surface area contributed by atoms with E-state index in [2.05, 4.69) is 10.6 Å². The average Bonchev–Trinajstić information content (AvgIpc) is 2.73. The maximum atomic E-state index is 14.1. The fourth-order valence-electron chi connectivity index (χ4n) is 2.64. The quantitative estimate of drug-likeness (QED) is 0.515. The third kappa shape index (κ3) is 6.27. The lowest BCUT2D eigenvalue weighted by Gasteiger charge is -2.21. The predicted octanol–water partition coefficient (Wildman–Crippen LogP) is 3.30. The SMILES string of the molecule is CCOC(=O)C(NC(=O)/C(=C\c1ccccc1F)NC(=O)c1ccccc1)C(C)C. The molecule has 7 heteroatoms. The van der Waals surface area contributed by atoms with Crippen molar-refractivity contribution in [2.24, 2.45) is 5.92 Å². The van der Waals surface area contributed by atoms with Crippen LogP contribution in [0, 0.1) is 11.7 Å². The lowest BCUT2D eigenvalue weighted by atomic mass is 10.0. The third-order valence-electron chi connectivity index (χ3n) is 4.23. The summed E-state index contributed by atoms with van der Waals surface area (Å²) >= 11 is 0. The zero-order chi connectivity index (χ0) is 22.1. The standard InChI is InChI=1S/C23H25FN2O4/c1-4-30-23(29)20(15(2)3)26-22(28)19(14-17-12-8-9-13-18(17)24)25-21(27)16-10-6-5-7-11-16/h5-15,20H,4H2,1-3H3,(H,25,27)(H,26,28)/b19-14+. The second-order valence-electron chi connectivity index (χ2n) is 6.85. The summed E-state index contributed by atoms with van der Waals surface area (Å²) in [5, 5.41) is 5.09. The maximum Gasteiger partial charge on any atom is 0.328 e. The van der Waals surface area contributed by atoms with Gasteiger partial charge in [-0.15, -0.1) is 0 Å². The number of benzene rings is 2. The Labute approximate surface area is 175 Å². The molecule has 30 heavy (non-hydrogen) atoms. The normalized spacial score (nSPS) is 12.2. The molecule has 1 unspecified atom stereocenters. The Hall–Kier alpha value is -3.48. The van der Waals surface area contributed by atoms with Gasteiger partial charge in [-0.3, -0.25) is 9.59 Å². The van der Waals surface area contributed by atoms with Gasteiger partial charge in [0.05, 0.1) is 6.61 Å². The first-order chi connectivity index (χ1) is 14.3. The Morgan fingerprint density at radius 2 is 1.67 bits per heavy atom. The minimum absolute atomic E-state index is 0.119. The van der Waals surface area contributed by atoms with E-state index in [4.69, 9.17) is 4.74 Å². The average molecular weight is 412 g/mol. The van der Waals surface area contributed by atoms with Crippen LogP contribution in [0.15, 0.2) is 60.3 Å². The molecule has 0 aliphatic carbocycles. The van der Waals surface area contributed by atoms with Crippen molar-refractivity contribution in [3.63, 3.8) is 0 Å². The van der Waals surface area contributed by atoms with Crippen LogP contribution in [-0.2, 0) is 14.3 Å². The molecule has 1 atom stereocenters. The van der Waals surface area contributed by atoms with E-state index < -0.39 is 29.6 Å². The van der Waals surface area contributed by atoms with E-state index in [9.17, 15) is 18.8 Å². The minimum atomic E-state index is -0.921. The molecule has 0 saturated heterocycles. The van der Waals surface area contributed by atoms with E-state index in [1.807, 2.05) is 0 Å². The largest absolute Gasteiger partial charge is 0.464 e. The number of esters is 1. The molecule has 0 fully saturated rings. The van der Waals surface area contributed by atoms with Crippen molar-refractivity contribution >= 4 is 23.9 Å². The molecule has 0 saturated carbocycles. The van der Waals surface area contributed by atoms with Crippen molar-refractivity contribution in [3.8, 4) is 0 Å². The van der Waals surface area contributed by atoms with Gasteiger partial charge in [-0.2, -0.15) is 0 Å². The van der Waals surface area contributed by atoms with Gasteiger partial charge in [0.15, 0.2) is 0 Å². The van der Waals surface area contributed by atoms with Crippen molar-refractivity contribution in [1.82, 2.24) is 10.6 Å². The van der Waals surface area contributed by atoms with Gasteiger partial charge in [-0.1, -0.05) is 50.2 Å². The van der Waals surface area contributed by atoms with Crippen LogP contribution in [-0.4, -0.2) is 30.4 Å². The fourth-order valence-corrected chi connectivity index (χ4v) is 2.64. The molecule has 2 amide bonds. The van der Waals surface area contributed by atoms with Crippen molar-refractivity contribution in [2.45, 2.75) is 26.8 Å². The second-order valence-corrected chi connectivity index (χ2v) is 6.85. The van der Waals surface area contributed by atoms with E-state index in [1.165, 1.54) is 24.3 Å². The highest BCUT2D eigenvalue weighted by Gasteiger charge is 2.27. The molecule has 158 valence electrons. The maximum absolute atomic E-state index is 14.1. The number of hydrogen-bond acceptors (Lipinski definition) is 4. The second kappa shape index (κ2) is 10.9. The first-order valence-corrected chi connectivity index (χ1v) is 9.63. The van der Waals surface area contributed by atoms with Crippen molar-refractivity contribution in [3.05, 3.63) is 77.2 Å². The van der Waals surface area contributed by atoms with Crippen molar-refractivity contribution < 1.29 is 23.5 Å². The van der Waals surface area contributed by atoms with E-state index in [-0.39, 0.29) is 23.8 Å². The number of amides is 2. The summed E-state index contributed by atoms with van der Waals surface area (Å²) in [5.41, 5.74) is 0.257. The summed E-state index contributed by atoms with van der Waals surface area (Å²) in [6.45, 7) is 5.34. The first kappa shape index (κ1) is 22.8. The molecular formula is C23H25FN2O4. The van der Waals surface area contributed by atoms with Crippen LogP contribution < -0.4 is 10.6 Å². The number of carbonyl (C=O) groups is 3.